The second-order valence-corrected chi connectivity index (χ2v) is 15.1. The third-order valence-electron chi connectivity index (χ3n) is 10.7. The molecular formula is C44H53FN8O3. The molecule has 4 heterocycles. The summed E-state index contributed by atoms with van der Waals surface area (Å²) in [5.74, 6) is -0.940. The molecule has 5 aromatic rings. The fraction of sp³-hybridized carbons (Fsp3) is 0.409. The number of hydrogen-bond acceptors (Lipinski definition) is 8. The minimum Gasteiger partial charge on any atom is -0.381 e. The van der Waals surface area contributed by atoms with Crippen LogP contribution in [0.5, 0.6) is 0 Å². The Balaban J connectivity index is 1.02. The smallest absolute Gasteiger partial charge is 0.251 e. The SMILES string of the molecule is CCc1nc2c(cnn2CC)c(NC2CCOCC2)c1CNC(=O)c1cccc(C(=O)NCc2ccc(F)c(-c3cccc(CN4CC(C)NC(C)C4)c3)c2)c1. The Morgan fingerprint density at radius 2 is 1.61 bits per heavy atom. The number of hydrogen-bond donors (Lipinski definition) is 4. The molecule has 2 aliphatic heterocycles. The number of amides is 2. The summed E-state index contributed by atoms with van der Waals surface area (Å²) in [5.41, 5.74) is 7.51. The van der Waals surface area contributed by atoms with Crippen molar-refractivity contribution >= 4 is 28.5 Å². The van der Waals surface area contributed by atoms with Gasteiger partial charge in [0.25, 0.3) is 11.8 Å². The van der Waals surface area contributed by atoms with Crippen LogP contribution >= 0.6 is 0 Å². The number of nitrogens with zero attached hydrogens (tertiary/aromatic N) is 4. The van der Waals surface area contributed by atoms with Gasteiger partial charge in [-0.15, -0.1) is 0 Å². The van der Waals surface area contributed by atoms with Gasteiger partial charge in [0.15, 0.2) is 5.65 Å². The fourth-order valence-electron chi connectivity index (χ4n) is 8.03. The van der Waals surface area contributed by atoms with Gasteiger partial charge in [0.2, 0.25) is 0 Å². The number of aromatic nitrogens is 3. The molecule has 2 amide bonds. The number of rotatable bonds is 13. The predicted molar refractivity (Wildman–Crippen MR) is 218 cm³/mol. The van der Waals surface area contributed by atoms with E-state index in [1.54, 1.807) is 36.4 Å². The number of carbonyl (C=O) groups excluding carboxylic acids is 2. The Kier molecular flexibility index (Phi) is 12.4. The minimum atomic E-state index is -0.328. The van der Waals surface area contributed by atoms with E-state index in [-0.39, 0.29) is 36.8 Å². The summed E-state index contributed by atoms with van der Waals surface area (Å²) >= 11 is 0. The van der Waals surface area contributed by atoms with Crippen molar-refractivity contribution in [1.82, 2.24) is 35.6 Å². The van der Waals surface area contributed by atoms with Crippen LogP contribution in [0.15, 0.2) is 72.9 Å². The van der Waals surface area contributed by atoms with E-state index in [4.69, 9.17) is 9.72 Å². The molecule has 294 valence electrons. The zero-order valence-electron chi connectivity index (χ0n) is 32.8. The molecule has 2 aliphatic rings. The van der Waals surface area contributed by atoms with Gasteiger partial charge in [-0.1, -0.05) is 37.3 Å². The lowest BCUT2D eigenvalue weighted by Gasteiger charge is -2.36. The Morgan fingerprint density at radius 3 is 2.32 bits per heavy atom. The van der Waals surface area contributed by atoms with Gasteiger partial charge in [-0.05, 0) is 93.1 Å². The molecule has 12 heteroatoms. The zero-order valence-corrected chi connectivity index (χ0v) is 32.8. The molecule has 0 saturated carbocycles. The van der Waals surface area contributed by atoms with Crippen LogP contribution < -0.4 is 21.3 Å². The van der Waals surface area contributed by atoms with Crippen molar-refractivity contribution in [2.24, 2.45) is 0 Å². The van der Waals surface area contributed by atoms with E-state index < -0.39 is 0 Å². The van der Waals surface area contributed by atoms with Crippen molar-refractivity contribution in [3.63, 3.8) is 0 Å². The normalized spacial score (nSPS) is 17.9. The third-order valence-corrected chi connectivity index (χ3v) is 10.7. The Labute approximate surface area is 328 Å². The van der Waals surface area contributed by atoms with Crippen molar-refractivity contribution in [3.05, 3.63) is 112 Å². The van der Waals surface area contributed by atoms with E-state index in [0.717, 1.165) is 77.1 Å². The van der Waals surface area contributed by atoms with Gasteiger partial charge in [-0.25, -0.2) is 14.1 Å². The summed E-state index contributed by atoms with van der Waals surface area (Å²) in [5, 5.41) is 18.9. The topological polar surface area (TPSA) is 125 Å². The Bertz CT molecular complexity index is 2170. The Hall–Kier alpha value is -5.17. The monoisotopic (exact) mass is 760 g/mol. The van der Waals surface area contributed by atoms with Gasteiger partial charge in [0.1, 0.15) is 5.82 Å². The van der Waals surface area contributed by atoms with Crippen molar-refractivity contribution < 1.29 is 18.7 Å². The molecule has 2 saturated heterocycles. The van der Waals surface area contributed by atoms with Crippen LogP contribution in [0.25, 0.3) is 22.2 Å². The molecule has 0 bridgehead atoms. The van der Waals surface area contributed by atoms with E-state index in [1.165, 1.54) is 6.07 Å². The Morgan fingerprint density at radius 1 is 0.893 bits per heavy atom. The number of carbonyl (C=O) groups is 2. The first-order valence-electron chi connectivity index (χ1n) is 19.9. The molecule has 2 aromatic heterocycles. The zero-order chi connectivity index (χ0) is 39.2. The summed E-state index contributed by atoms with van der Waals surface area (Å²) in [4.78, 5) is 34.4. The lowest BCUT2D eigenvalue weighted by atomic mass is 9.99. The molecule has 56 heavy (non-hydrogen) atoms. The molecular weight excluding hydrogens is 708 g/mol. The van der Waals surface area contributed by atoms with Crippen LogP contribution in [0.3, 0.4) is 0 Å². The van der Waals surface area contributed by atoms with Crippen molar-refractivity contribution in [2.75, 3.05) is 31.6 Å². The average molecular weight is 761 g/mol. The lowest BCUT2D eigenvalue weighted by molar-refractivity contribution is 0.0904. The molecule has 0 spiro atoms. The van der Waals surface area contributed by atoms with E-state index in [0.29, 0.717) is 55.0 Å². The first kappa shape index (κ1) is 39.1. The second kappa shape index (κ2) is 17.7. The highest BCUT2D eigenvalue weighted by Crippen LogP contribution is 2.31. The molecule has 7 rings (SSSR count). The van der Waals surface area contributed by atoms with Crippen molar-refractivity contribution in [2.45, 2.75) is 91.3 Å². The number of pyridine rings is 1. The molecule has 0 radical (unpaired) electrons. The number of halogens is 1. The number of piperazine rings is 1. The highest BCUT2D eigenvalue weighted by Gasteiger charge is 2.23. The predicted octanol–water partition coefficient (Wildman–Crippen LogP) is 6.45. The van der Waals surface area contributed by atoms with Gasteiger partial charge in [0.05, 0.1) is 17.3 Å². The molecule has 2 fully saturated rings. The van der Waals surface area contributed by atoms with Crippen LogP contribution in [-0.2, 0) is 37.3 Å². The molecule has 4 N–H and O–H groups in total. The van der Waals surface area contributed by atoms with E-state index in [9.17, 15) is 9.59 Å². The van der Waals surface area contributed by atoms with Crippen molar-refractivity contribution in [1.29, 1.82) is 0 Å². The largest absolute Gasteiger partial charge is 0.381 e. The maximum Gasteiger partial charge on any atom is 0.251 e. The maximum absolute atomic E-state index is 15.2. The quantitative estimate of drug-likeness (QED) is 0.108. The molecule has 11 nitrogen and oxygen atoms in total. The van der Waals surface area contributed by atoms with Crippen molar-refractivity contribution in [3.8, 4) is 11.1 Å². The number of aryl methyl sites for hydroxylation is 2. The van der Waals surface area contributed by atoms with Gasteiger partial charge in [-0.3, -0.25) is 14.5 Å². The first-order valence-corrected chi connectivity index (χ1v) is 19.9. The number of benzene rings is 3. The third kappa shape index (κ3) is 9.09. The molecule has 2 unspecified atom stereocenters. The number of fused-ring (bicyclic) bond motifs is 1. The van der Waals surface area contributed by atoms with Crippen LogP contribution in [0.1, 0.15) is 83.6 Å². The van der Waals surface area contributed by atoms with Crippen LogP contribution in [0.4, 0.5) is 10.1 Å². The van der Waals surface area contributed by atoms with Gasteiger partial charge >= 0.3 is 0 Å². The number of nitrogens with one attached hydrogen (secondary N) is 4. The maximum atomic E-state index is 15.2. The summed E-state index contributed by atoms with van der Waals surface area (Å²) in [6.07, 6.45) is 4.31. The van der Waals surface area contributed by atoms with Crippen LogP contribution in [-0.4, -0.2) is 75.9 Å². The summed E-state index contributed by atoms with van der Waals surface area (Å²) < 4.78 is 22.7. The number of ether oxygens (including phenoxy) is 1. The highest BCUT2D eigenvalue weighted by molar-refractivity contribution is 6.00. The first-order chi connectivity index (χ1) is 27.2. The molecule has 0 aliphatic carbocycles. The number of anilines is 1. The average Bonchev–Trinajstić information content (AvgIpc) is 3.63. The van der Waals surface area contributed by atoms with E-state index in [2.05, 4.69) is 64.2 Å². The van der Waals surface area contributed by atoms with Gasteiger partial charge in [-0.2, -0.15) is 5.10 Å². The van der Waals surface area contributed by atoms with Crippen LogP contribution in [0, 0.1) is 5.82 Å². The standard InChI is InChI=1S/C44H53FN8O3/c1-5-40-37(41(50-35-15-17-56-18-16-35)38-24-48-53(6-2)42(38)51-40)23-47-44(55)34-12-8-11-33(21-34)43(54)46-22-30-13-14-39(45)36(20-30)32-10-7-9-31(19-32)27-52-25-28(3)49-29(4)26-52/h7-14,19-21,24,28-29,35,49H,5-6,15-18,22-23,25-27H2,1-4H3,(H,46,54)(H,47,55)(H,50,51). The van der Waals surface area contributed by atoms with Crippen LogP contribution in [0.2, 0.25) is 0 Å². The second-order valence-electron chi connectivity index (χ2n) is 15.1. The fourth-order valence-corrected chi connectivity index (χ4v) is 8.03. The van der Waals surface area contributed by atoms with Gasteiger partial charge in [0, 0.05) is 98.6 Å². The van der Waals surface area contributed by atoms with E-state index in [1.807, 2.05) is 29.9 Å². The highest BCUT2D eigenvalue weighted by atomic mass is 19.1. The molecule has 2 atom stereocenters. The molecule has 3 aromatic carbocycles. The van der Waals surface area contributed by atoms with Gasteiger partial charge < -0.3 is 26.0 Å². The summed E-state index contributed by atoms with van der Waals surface area (Å²) in [6.45, 7) is 13.8. The lowest BCUT2D eigenvalue weighted by Crippen LogP contribution is -2.53. The van der Waals surface area contributed by atoms with E-state index >= 15 is 4.39 Å². The summed E-state index contributed by atoms with van der Waals surface area (Å²) in [7, 11) is 0. The minimum absolute atomic E-state index is 0.200. The summed E-state index contributed by atoms with van der Waals surface area (Å²) in [6, 6.07) is 20.7.